The lowest BCUT2D eigenvalue weighted by molar-refractivity contribution is -0.159. The lowest BCUT2D eigenvalue weighted by Crippen LogP contribution is -2.44. The number of para-hydroxylation sites is 1. The minimum atomic E-state index is -0.975. The highest BCUT2D eigenvalue weighted by Gasteiger charge is 2.51. The molecule has 2 aliphatic rings. The second-order valence-electron chi connectivity index (χ2n) is 8.14. The van der Waals surface area contributed by atoms with E-state index in [-0.39, 0.29) is 36.2 Å². The standard InChI is InChI=1S/C23H25N3O5S/c1-14(25-20(28)18-10-6-7-11-19(18)21(25)29)22(30)31-12-16-13-32-23(24-16)26(15(2)27)17-8-4-3-5-9-17/h3-5,8-9,13-14,18-19H,6-7,10-12H2,1-2H3/t14-,18+,19+/m0/s1. The number of hydrogen-bond donors (Lipinski definition) is 0. The number of amides is 3. The zero-order valence-electron chi connectivity index (χ0n) is 18.0. The van der Waals surface area contributed by atoms with E-state index in [4.69, 9.17) is 4.74 Å². The molecule has 2 fully saturated rings. The Morgan fingerprint density at radius 2 is 1.78 bits per heavy atom. The number of thiazole rings is 1. The molecular formula is C23H25N3O5S. The van der Waals surface area contributed by atoms with Gasteiger partial charge in [-0.25, -0.2) is 9.78 Å². The number of imide groups is 1. The van der Waals surface area contributed by atoms with Crippen LogP contribution in [0.25, 0.3) is 0 Å². The van der Waals surface area contributed by atoms with Crippen LogP contribution in [0, 0.1) is 11.8 Å². The molecule has 1 aromatic heterocycles. The van der Waals surface area contributed by atoms with Crippen molar-refractivity contribution < 1.29 is 23.9 Å². The van der Waals surface area contributed by atoms with Gasteiger partial charge in [-0.05, 0) is 31.9 Å². The summed E-state index contributed by atoms with van der Waals surface area (Å²) in [6.45, 7) is 2.87. The van der Waals surface area contributed by atoms with Gasteiger partial charge in [-0.2, -0.15) is 0 Å². The van der Waals surface area contributed by atoms with Crippen LogP contribution in [-0.2, 0) is 30.5 Å². The summed E-state index contributed by atoms with van der Waals surface area (Å²) in [5, 5.41) is 2.18. The van der Waals surface area contributed by atoms with Crippen LogP contribution >= 0.6 is 11.3 Å². The minimum Gasteiger partial charge on any atom is -0.458 e. The van der Waals surface area contributed by atoms with E-state index < -0.39 is 12.0 Å². The van der Waals surface area contributed by atoms with Crippen molar-refractivity contribution in [3.8, 4) is 0 Å². The molecular weight excluding hydrogens is 430 g/mol. The second-order valence-corrected chi connectivity index (χ2v) is 8.98. The molecule has 1 aliphatic carbocycles. The van der Waals surface area contributed by atoms with E-state index in [0.717, 1.165) is 17.7 Å². The molecule has 0 N–H and O–H groups in total. The summed E-state index contributed by atoms with van der Waals surface area (Å²) in [5.41, 5.74) is 1.18. The van der Waals surface area contributed by atoms with E-state index in [2.05, 4.69) is 4.98 Å². The van der Waals surface area contributed by atoms with Crippen LogP contribution in [0.15, 0.2) is 35.7 Å². The quantitative estimate of drug-likeness (QED) is 0.489. The maximum Gasteiger partial charge on any atom is 0.329 e. The van der Waals surface area contributed by atoms with Crippen LogP contribution in [-0.4, -0.2) is 39.6 Å². The number of esters is 1. The Labute approximate surface area is 190 Å². The summed E-state index contributed by atoms with van der Waals surface area (Å²) in [6, 6.07) is 8.18. The maximum absolute atomic E-state index is 12.7. The molecule has 32 heavy (non-hydrogen) atoms. The summed E-state index contributed by atoms with van der Waals surface area (Å²) in [5.74, 6) is -1.96. The number of fused-ring (bicyclic) bond motifs is 1. The Kier molecular flexibility index (Phi) is 6.36. The number of nitrogens with zero attached hydrogens (tertiary/aromatic N) is 3. The average Bonchev–Trinajstić information content (AvgIpc) is 3.35. The molecule has 168 valence electrons. The van der Waals surface area contributed by atoms with Crippen molar-refractivity contribution in [1.29, 1.82) is 0 Å². The molecule has 3 atom stereocenters. The fourth-order valence-electron chi connectivity index (χ4n) is 4.41. The fourth-order valence-corrected chi connectivity index (χ4v) is 5.28. The Bertz CT molecular complexity index is 1010. The molecule has 2 heterocycles. The monoisotopic (exact) mass is 455 g/mol. The van der Waals surface area contributed by atoms with Crippen LogP contribution < -0.4 is 4.90 Å². The van der Waals surface area contributed by atoms with Gasteiger partial charge in [-0.3, -0.25) is 24.2 Å². The molecule has 4 rings (SSSR count). The zero-order chi connectivity index (χ0) is 22.8. The van der Waals surface area contributed by atoms with Gasteiger partial charge in [-0.1, -0.05) is 31.0 Å². The predicted octanol–water partition coefficient (Wildman–Crippen LogP) is 3.43. The highest BCUT2D eigenvalue weighted by Crippen LogP contribution is 2.39. The number of benzene rings is 1. The lowest BCUT2D eigenvalue weighted by atomic mass is 9.81. The first-order valence-electron chi connectivity index (χ1n) is 10.7. The molecule has 0 bridgehead atoms. The fraction of sp³-hybridized carbons (Fsp3) is 0.435. The summed E-state index contributed by atoms with van der Waals surface area (Å²) in [4.78, 5) is 57.2. The van der Waals surface area contributed by atoms with Gasteiger partial charge in [0.1, 0.15) is 12.6 Å². The van der Waals surface area contributed by atoms with Crippen LogP contribution in [0.3, 0.4) is 0 Å². The Balaban J connectivity index is 1.40. The molecule has 1 saturated heterocycles. The Hall–Kier alpha value is -3.07. The lowest BCUT2D eigenvalue weighted by Gasteiger charge is -2.21. The normalized spacial score (nSPS) is 21.2. The molecule has 9 heteroatoms. The van der Waals surface area contributed by atoms with E-state index in [9.17, 15) is 19.2 Å². The van der Waals surface area contributed by atoms with Crippen molar-refractivity contribution in [2.45, 2.75) is 52.2 Å². The van der Waals surface area contributed by atoms with Gasteiger partial charge in [0.25, 0.3) is 0 Å². The number of ether oxygens (including phenoxy) is 1. The summed E-state index contributed by atoms with van der Waals surface area (Å²) >= 11 is 1.26. The van der Waals surface area contributed by atoms with E-state index in [1.54, 1.807) is 5.38 Å². The van der Waals surface area contributed by atoms with Crippen LogP contribution in [0.2, 0.25) is 0 Å². The third kappa shape index (κ3) is 4.17. The van der Waals surface area contributed by atoms with Crippen molar-refractivity contribution in [1.82, 2.24) is 9.88 Å². The van der Waals surface area contributed by atoms with E-state index in [1.165, 1.54) is 30.1 Å². The molecule has 1 saturated carbocycles. The summed E-state index contributed by atoms with van der Waals surface area (Å²) in [7, 11) is 0. The molecule has 3 amide bonds. The number of carbonyl (C=O) groups is 4. The van der Waals surface area contributed by atoms with E-state index in [1.807, 2.05) is 30.3 Å². The first-order chi connectivity index (χ1) is 15.4. The molecule has 0 spiro atoms. The van der Waals surface area contributed by atoms with Crippen molar-refractivity contribution in [2.24, 2.45) is 11.8 Å². The molecule has 0 unspecified atom stereocenters. The number of likely N-dealkylation sites (tertiary alicyclic amines) is 1. The third-order valence-corrected chi connectivity index (χ3v) is 6.90. The molecule has 1 aliphatic heterocycles. The number of anilines is 2. The van der Waals surface area contributed by atoms with Crippen molar-refractivity contribution in [3.63, 3.8) is 0 Å². The molecule has 1 aromatic carbocycles. The Morgan fingerprint density at radius 1 is 1.16 bits per heavy atom. The topological polar surface area (TPSA) is 96.9 Å². The van der Waals surface area contributed by atoms with Gasteiger partial charge < -0.3 is 4.74 Å². The van der Waals surface area contributed by atoms with Gasteiger partial charge in [0.15, 0.2) is 5.13 Å². The molecule has 8 nitrogen and oxygen atoms in total. The van der Waals surface area contributed by atoms with E-state index in [0.29, 0.717) is 29.4 Å². The Morgan fingerprint density at radius 3 is 2.38 bits per heavy atom. The first kappa shape index (κ1) is 22.1. The molecule has 2 aromatic rings. The highest BCUT2D eigenvalue weighted by molar-refractivity contribution is 7.14. The largest absolute Gasteiger partial charge is 0.458 e. The number of hydrogen-bond acceptors (Lipinski definition) is 7. The third-order valence-electron chi connectivity index (χ3n) is 6.03. The molecule has 0 radical (unpaired) electrons. The number of aromatic nitrogens is 1. The van der Waals surface area contributed by atoms with Gasteiger partial charge >= 0.3 is 5.97 Å². The maximum atomic E-state index is 12.7. The SMILES string of the molecule is CC(=O)N(c1ccccc1)c1nc(COC(=O)[C@H](C)N2C(=O)[C@@H]3CCCC[C@H]3C2=O)cs1. The van der Waals surface area contributed by atoms with Gasteiger partial charge in [-0.15, -0.1) is 11.3 Å². The highest BCUT2D eigenvalue weighted by atomic mass is 32.1. The van der Waals surface area contributed by atoms with Crippen LogP contribution in [0.5, 0.6) is 0 Å². The average molecular weight is 456 g/mol. The van der Waals surface area contributed by atoms with Crippen molar-refractivity contribution >= 4 is 45.8 Å². The van der Waals surface area contributed by atoms with Crippen LogP contribution in [0.4, 0.5) is 10.8 Å². The van der Waals surface area contributed by atoms with Crippen molar-refractivity contribution in [3.05, 3.63) is 41.4 Å². The number of rotatable bonds is 6. The second kappa shape index (κ2) is 9.20. The predicted molar refractivity (Wildman–Crippen MR) is 118 cm³/mol. The van der Waals surface area contributed by atoms with Gasteiger partial charge in [0.2, 0.25) is 17.7 Å². The summed E-state index contributed by atoms with van der Waals surface area (Å²) < 4.78 is 5.37. The number of carbonyl (C=O) groups excluding carboxylic acids is 4. The smallest absolute Gasteiger partial charge is 0.329 e. The summed E-state index contributed by atoms with van der Waals surface area (Å²) in [6.07, 6.45) is 3.25. The minimum absolute atomic E-state index is 0.108. The van der Waals surface area contributed by atoms with Gasteiger partial charge in [0.05, 0.1) is 23.2 Å². The van der Waals surface area contributed by atoms with Crippen molar-refractivity contribution in [2.75, 3.05) is 4.90 Å². The van der Waals surface area contributed by atoms with E-state index >= 15 is 0 Å². The van der Waals surface area contributed by atoms with Gasteiger partial charge in [0, 0.05) is 12.3 Å². The van der Waals surface area contributed by atoms with Crippen LogP contribution in [0.1, 0.15) is 45.2 Å². The zero-order valence-corrected chi connectivity index (χ0v) is 18.8. The first-order valence-corrected chi connectivity index (χ1v) is 11.6.